The van der Waals surface area contributed by atoms with Gasteiger partial charge in [-0.1, -0.05) is 12.1 Å². The van der Waals surface area contributed by atoms with Gasteiger partial charge in [0, 0.05) is 30.9 Å². The summed E-state index contributed by atoms with van der Waals surface area (Å²) in [5.41, 5.74) is 2.24. The first kappa shape index (κ1) is 17.1. The molecule has 132 valence electrons. The minimum Gasteiger partial charge on any atom is -0.366 e. The van der Waals surface area contributed by atoms with Crippen molar-refractivity contribution in [1.29, 1.82) is 0 Å². The van der Waals surface area contributed by atoms with Gasteiger partial charge in [-0.15, -0.1) is 0 Å². The van der Waals surface area contributed by atoms with Crippen LogP contribution in [0.2, 0.25) is 0 Å². The Balaban J connectivity index is 1.68. The van der Waals surface area contributed by atoms with Crippen LogP contribution in [0.5, 0.6) is 0 Å². The van der Waals surface area contributed by atoms with E-state index in [2.05, 4.69) is 15.5 Å². The van der Waals surface area contributed by atoms with Crippen LogP contribution in [0.4, 0.5) is 19.0 Å². The lowest BCUT2D eigenvalue weighted by Crippen LogP contribution is -2.10. The molecule has 0 saturated heterocycles. The summed E-state index contributed by atoms with van der Waals surface area (Å²) in [6.45, 7) is 2.97. The van der Waals surface area contributed by atoms with Gasteiger partial charge in [0.2, 0.25) is 0 Å². The Labute approximate surface area is 143 Å². The fourth-order valence-electron chi connectivity index (χ4n) is 2.48. The highest BCUT2D eigenvalue weighted by Gasteiger charge is 2.29. The molecule has 5 nitrogen and oxygen atoms in total. The Kier molecular flexibility index (Phi) is 4.52. The zero-order valence-electron chi connectivity index (χ0n) is 13.9. The van der Waals surface area contributed by atoms with Crippen molar-refractivity contribution in [3.8, 4) is 0 Å². The van der Waals surface area contributed by atoms with E-state index in [1.165, 1.54) is 12.1 Å². The quantitative estimate of drug-likeness (QED) is 0.766. The number of alkyl halides is 3. The van der Waals surface area contributed by atoms with Crippen LogP contribution in [0.25, 0.3) is 0 Å². The SMILES string of the molecule is Cc1c(CNc2ccnn2Cc2ccc(C(F)(F)F)cc2)cnn1C. The molecule has 25 heavy (non-hydrogen) atoms. The van der Waals surface area contributed by atoms with Crippen LogP contribution in [0.1, 0.15) is 22.4 Å². The average molecular weight is 349 g/mol. The number of hydrogen-bond donors (Lipinski definition) is 1. The highest BCUT2D eigenvalue weighted by molar-refractivity contribution is 5.37. The molecule has 8 heteroatoms. The van der Waals surface area contributed by atoms with E-state index in [0.717, 1.165) is 34.8 Å². The molecule has 0 bridgehead atoms. The van der Waals surface area contributed by atoms with E-state index in [9.17, 15) is 13.2 Å². The fraction of sp³-hybridized carbons (Fsp3) is 0.294. The molecule has 2 heterocycles. The summed E-state index contributed by atoms with van der Waals surface area (Å²) in [5.74, 6) is 0.795. The van der Waals surface area contributed by atoms with E-state index >= 15 is 0 Å². The Morgan fingerprint density at radius 2 is 1.80 bits per heavy atom. The molecule has 0 atom stereocenters. The molecule has 0 radical (unpaired) electrons. The molecule has 0 spiro atoms. The van der Waals surface area contributed by atoms with Crippen LogP contribution in [0, 0.1) is 6.92 Å². The van der Waals surface area contributed by atoms with E-state index < -0.39 is 11.7 Å². The Bertz CT molecular complexity index is 846. The van der Waals surface area contributed by atoms with Gasteiger partial charge in [-0.2, -0.15) is 23.4 Å². The van der Waals surface area contributed by atoms with Crippen molar-refractivity contribution in [2.24, 2.45) is 7.05 Å². The monoisotopic (exact) mass is 349 g/mol. The van der Waals surface area contributed by atoms with Crippen LogP contribution in [0.15, 0.2) is 42.7 Å². The molecule has 0 aliphatic heterocycles. The van der Waals surface area contributed by atoms with E-state index in [0.29, 0.717) is 13.1 Å². The van der Waals surface area contributed by atoms with Crippen molar-refractivity contribution in [3.63, 3.8) is 0 Å². The maximum Gasteiger partial charge on any atom is 0.416 e. The number of aryl methyl sites for hydroxylation is 1. The van der Waals surface area contributed by atoms with Gasteiger partial charge in [0.25, 0.3) is 0 Å². The van der Waals surface area contributed by atoms with E-state index in [-0.39, 0.29) is 0 Å². The zero-order chi connectivity index (χ0) is 18.0. The number of benzene rings is 1. The van der Waals surface area contributed by atoms with Crippen LogP contribution in [0.3, 0.4) is 0 Å². The lowest BCUT2D eigenvalue weighted by molar-refractivity contribution is -0.137. The van der Waals surface area contributed by atoms with Crippen molar-refractivity contribution >= 4 is 5.82 Å². The van der Waals surface area contributed by atoms with Gasteiger partial charge in [0.05, 0.1) is 24.5 Å². The summed E-state index contributed by atoms with van der Waals surface area (Å²) in [6, 6.07) is 6.95. The normalized spacial score (nSPS) is 11.7. The van der Waals surface area contributed by atoms with Gasteiger partial charge in [-0.05, 0) is 24.6 Å². The van der Waals surface area contributed by atoms with Crippen molar-refractivity contribution in [3.05, 3.63) is 65.1 Å². The van der Waals surface area contributed by atoms with Gasteiger partial charge in [-0.25, -0.2) is 4.68 Å². The summed E-state index contributed by atoms with van der Waals surface area (Å²) in [6.07, 6.45) is -0.861. The van der Waals surface area contributed by atoms with E-state index in [1.807, 2.05) is 20.0 Å². The maximum atomic E-state index is 12.6. The second-order valence-corrected chi connectivity index (χ2v) is 5.80. The van der Waals surface area contributed by atoms with Gasteiger partial charge in [0.15, 0.2) is 0 Å². The van der Waals surface area contributed by atoms with Crippen molar-refractivity contribution in [1.82, 2.24) is 19.6 Å². The second-order valence-electron chi connectivity index (χ2n) is 5.80. The average Bonchev–Trinajstić information content (AvgIpc) is 3.13. The number of rotatable bonds is 5. The third-order valence-corrected chi connectivity index (χ3v) is 4.13. The summed E-state index contributed by atoms with van der Waals surface area (Å²) in [5, 5.41) is 11.7. The highest BCUT2D eigenvalue weighted by Crippen LogP contribution is 2.29. The minimum atomic E-state index is -4.32. The number of anilines is 1. The molecule has 3 aromatic rings. The van der Waals surface area contributed by atoms with Gasteiger partial charge in [-0.3, -0.25) is 4.68 Å². The molecule has 3 rings (SSSR count). The standard InChI is InChI=1S/C17H18F3N5/c1-12-14(10-23-24(12)2)9-21-16-7-8-22-25(16)11-13-3-5-15(6-4-13)17(18,19)20/h3-8,10,21H,9,11H2,1-2H3. The number of nitrogens with one attached hydrogen (secondary N) is 1. The Morgan fingerprint density at radius 3 is 2.40 bits per heavy atom. The van der Waals surface area contributed by atoms with Crippen LogP contribution in [-0.4, -0.2) is 19.6 Å². The third kappa shape index (κ3) is 3.84. The molecule has 0 amide bonds. The van der Waals surface area contributed by atoms with Crippen LogP contribution < -0.4 is 5.32 Å². The highest BCUT2D eigenvalue weighted by atomic mass is 19.4. The molecular formula is C17H18F3N5. The molecular weight excluding hydrogens is 331 g/mol. The molecule has 2 aromatic heterocycles. The number of aromatic nitrogens is 4. The summed E-state index contributed by atoms with van der Waals surface area (Å²) in [4.78, 5) is 0. The lowest BCUT2D eigenvalue weighted by atomic mass is 10.1. The molecule has 1 N–H and O–H groups in total. The fourth-order valence-corrected chi connectivity index (χ4v) is 2.48. The second kappa shape index (κ2) is 6.62. The van der Waals surface area contributed by atoms with Crippen LogP contribution in [-0.2, 0) is 26.3 Å². The van der Waals surface area contributed by atoms with Crippen LogP contribution >= 0.6 is 0 Å². The first-order chi connectivity index (χ1) is 11.8. The molecule has 0 aliphatic carbocycles. The first-order valence-electron chi connectivity index (χ1n) is 7.74. The van der Waals surface area contributed by atoms with E-state index in [1.54, 1.807) is 21.8 Å². The summed E-state index contributed by atoms with van der Waals surface area (Å²) < 4.78 is 41.4. The lowest BCUT2D eigenvalue weighted by Gasteiger charge is -2.11. The molecule has 0 fully saturated rings. The number of hydrogen-bond acceptors (Lipinski definition) is 3. The summed E-state index contributed by atoms with van der Waals surface area (Å²) in [7, 11) is 1.88. The topological polar surface area (TPSA) is 47.7 Å². The molecule has 0 unspecified atom stereocenters. The van der Waals surface area contributed by atoms with Crippen molar-refractivity contribution < 1.29 is 13.2 Å². The third-order valence-electron chi connectivity index (χ3n) is 4.13. The van der Waals surface area contributed by atoms with E-state index in [4.69, 9.17) is 0 Å². The van der Waals surface area contributed by atoms with Gasteiger partial charge >= 0.3 is 6.18 Å². The molecule has 0 aliphatic rings. The number of nitrogens with zero attached hydrogens (tertiary/aromatic N) is 4. The predicted molar refractivity (Wildman–Crippen MR) is 88.0 cm³/mol. The first-order valence-corrected chi connectivity index (χ1v) is 7.74. The maximum absolute atomic E-state index is 12.6. The summed E-state index contributed by atoms with van der Waals surface area (Å²) >= 11 is 0. The minimum absolute atomic E-state index is 0.388. The van der Waals surface area contributed by atoms with Crippen molar-refractivity contribution in [2.45, 2.75) is 26.2 Å². The van der Waals surface area contributed by atoms with Gasteiger partial charge in [0.1, 0.15) is 5.82 Å². The Morgan fingerprint density at radius 1 is 1.08 bits per heavy atom. The predicted octanol–water partition coefficient (Wildman–Crippen LogP) is 3.60. The number of halogens is 3. The smallest absolute Gasteiger partial charge is 0.366 e. The Hall–Kier alpha value is -2.77. The molecule has 1 aromatic carbocycles. The molecule has 0 saturated carbocycles. The van der Waals surface area contributed by atoms with Gasteiger partial charge < -0.3 is 5.32 Å². The van der Waals surface area contributed by atoms with Crippen molar-refractivity contribution in [2.75, 3.05) is 5.32 Å². The zero-order valence-corrected chi connectivity index (χ0v) is 13.9. The largest absolute Gasteiger partial charge is 0.416 e.